The Bertz CT molecular complexity index is 466. The molecule has 0 atom stereocenters. The van der Waals surface area contributed by atoms with Crippen LogP contribution in [0.25, 0.3) is 0 Å². The molecule has 1 heterocycles. The Hall–Kier alpha value is -1.41. The number of hydrogen-bond acceptors (Lipinski definition) is 4. The van der Waals surface area contributed by atoms with E-state index in [2.05, 4.69) is 9.97 Å². The molecule has 0 saturated heterocycles. The summed E-state index contributed by atoms with van der Waals surface area (Å²) in [4.78, 5) is 6.27. The van der Waals surface area contributed by atoms with Gasteiger partial charge in [-0.05, 0) is 13.8 Å². The molecule has 8 heteroatoms. The average Bonchev–Trinajstić information content (AvgIpc) is 2.69. The van der Waals surface area contributed by atoms with E-state index >= 15 is 0 Å². The molecule has 1 rings (SSSR count). The average molecular weight is 259 g/mol. The SMILES string of the molecule is CC(C)N(CCC(=N)N)S(=O)(=O)c1cnc[nH]1. The zero-order valence-corrected chi connectivity index (χ0v) is 10.7. The van der Waals surface area contributed by atoms with Gasteiger partial charge in [0.15, 0.2) is 5.03 Å². The van der Waals surface area contributed by atoms with E-state index in [-0.39, 0.29) is 29.9 Å². The van der Waals surface area contributed by atoms with E-state index in [9.17, 15) is 8.42 Å². The van der Waals surface area contributed by atoms with E-state index in [0.717, 1.165) is 0 Å². The lowest BCUT2D eigenvalue weighted by Gasteiger charge is -2.24. The van der Waals surface area contributed by atoms with Crippen molar-refractivity contribution in [1.29, 1.82) is 5.41 Å². The maximum absolute atomic E-state index is 12.2. The lowest BCUT2D eigenvalue weighted by Crippen LogP contribution is -2.39. The van der Waals surface area contributed by atoms with E-state index < -0.39 is 10.0 Å². The Labute approximate surface area is 101 Å². The van der Waals surface area contributed by atoms with Crippen molar-refractivity contribution in [2.75, 3.05) is 6.54 Å². The van der Waals surface area contributed by atoms with Gasteiger partial charge in [-0.25, -0.2) is 13.4 Å². The van der Waals surface area contributed by atoms with Crippen molar-refractivity contribution in [3.63, 3.8) is 0 Å². The van der Waals surface area contributed by atoms with Crippen molar-refractivity contribution in [3.05, 3.63) is 12.5 Å². The molecular formula is C9H17N5O2S. The van der Waals surface area contributed by atoms with E-state index in [1.807, 2.05) is 0 Å². The maximum Gasteiger partial charge on any atom is 0.260 e. The van der Waals surface area contributed by atoms with E-state index in [4.69, 9.17) is 11.1 Å². The van der Waals surface area contributed by atoms with Crippen molar-refractivity contribution in [3.8, 4) is 0 Å². The summed E-state index contributed by atoms with van der Waals surface area (Å²) in [7, 11) is -3.59. The standard InChI is InChI=1S/C9H17N5O2S/c1-7(2)14(4-3-8(10)11)17(15,16)9-5-12-6-13-9/h5-7H,3-4H2,1-2H3,(H3,10,11)(H,12,13). The molecule has 96 valence electrons. The summed E-state index contributed by atoms with van der Waals surface area (Å²) in [6, 6.07) is -0.206. The molecule has 0 aliphatic rings. The quantitative estimate of drug-likeness (QED) is 0.497. The second-order valence-corrected chi connectivity index (χ2v) is 5.76. The van der Waals surface area contributed by atoms with Gasteiger partial charge >= 0.3 is 0 Å². The molecule has 1 aromatic heterocycles. The number of aromatic nitrogens is 2. The Balaban J connectivity index is 2.95. The number of nitrogens with zero attached hydrogens (tertiary/aromatic N) is 2. The van der Waals surface area contributed by atoms with Crippen LogP contribution in [0.5, 0.6) is 0 Å². The van der Waals surface area contributed by atoms with Gasteiger partial charge in [0.05, 0.1) is 18.4 Å². The van der Waals surface area contributed by atoms with Gasteiger partial charge in [0.25, 0.3) is 10.0 Å². The van der Waals surface area contributed by atoms with E-state index in [1.165, 1.54) is 16.8 Å². The summed E-state index contributed by atoms with van der Waals surface area (Å²) in [5.74, 6) is -0.0320. The van der Waals surface area contributed by atoms with Crippen molar-refractivity contribution in [2.45, 2.75) is 31.3 Å². The van der Waals surface area contributed by atoms with Gasteiger partial charge in [-0.15, -0.1) is 0 Å². The Kier molecular flexibility index (Phi) is 4.24. The zero-order chi connectivity index (χ0) is 13.1. The summed E-state index contributed by atoms with van der Waals surface area (Å²) in [6.07, 6.45) is 2.79. The van der Waals surface area contributed by atoms with Crippen molar-refractivity contribution >= 4 is 15.9 Å². The maximum atomic E-state index is 12.2. The number of amidine groups is 1. The minimum Gasteiger partial charge on any atom is -0.388 e. The molecule has 0 unspecified atom stereocenters. The minimum absolute atomic E-state index is 0.0320. The van der Waals surface area contributed by atoms with E-state index in [0.29, 0.717) is 0 Å². The third-order valence-electron chi connectivity index (χ3n) is 2.24. The molecule has 4 N–H and O–H groups in total. The van der Waals surface area contributed by atoms with Gasteiger partial charge in [0.1, 0.15) is 0 Å². The molecule has 0 saturated carbocycles. The first-order chi connectivity index (χ1) is 7.85. The van der Waals surface area contributed by atoms with Crippen LogP contribution in [-0.2, 0) is 10.0 Å². The fourth-order valence-electron chi connectivity index (χ4n) is 1.40. The molecule has 0 bridgehead atoms. The smallest absolute Gasteiger partial charge is 0.260 e. The molecule has 17 heavy (non-hydrogen) atoms. The van der Waals surface area contributed by atoms with Crippen molar-refractivity contribution in [1.82, 2.24) is 14.3 Å². The van der Waals surface area contributed by atoms with Crippen molar-refractivity contribution in [2.24, 2.45) is 5.73 Å². The van der Waals surface area contributed by atoms with Gasteiger partial charge in [-0.3, -0.25) is 5.41 Å². The molecule has 0 aliphatic heterocycles. The van der Waals surface area contributed by atoms with Crippen LogP contribution < -0.4 is 5.73 Å². The highest BCUT2D eigenvalue weighted by Gasteiger charge is 2.27. The number of nitrogens with two attached hydrogens (primary N) is 1. The second-order valence-electron chi connectivity index (χ2n) is 3.90. The summed E-state index contributed by atoms with van der Waals surface area (Å²) in [5.41, 5.74) is 5.24. The number of aromatic amines is 1. The van der Waals surface area contributed by atoms with Crippen LogP contribution in [0.1, 0.15) is 20.3 Å². The highest BCUT2D eigenvalue weighted by molar-refractivity contribution is 7.89. The third kappa shape index (κ3) is 3.27. The summed E-state index contributed by atoms with van der Waals surface area (Å²) >= 11 is 0. The fourth-order valence-corrected chi connectivity index (χ4v) is 2.93. The normalized spacial score (nSPS) is 12.2. The highest BCUT2D eigenvalue weighted by Crippen LogP contribution is 2.15. The molecule has 0 amide bonds. The number of imidazole rings is 1. The molecule has 7 nitrogen and oxygen atoms in total. The lowest BCUT2D eigenvalue weighted by atomic mass is 10.3. The third-order valence-corrected chi connectivity index (χ3v) is 4.24. The fraction of sp³-hybridized carbons (Fsp3) is 0.556. The van der Waals surface area contributed by atoms with Crippen LogP contribution in [0.3, 0.4) is 0 Å². The number of H-pyrrole nitrogens is 1. The number of rotatable bonds is 6. The topological polar surface area (TPSA) is 116 Å². The predicted octanol–water partition coefficient (Wildman–Crippen LogP) is 0.135. The first-order valence-corrected chi connectivity index (χ1v) is 6.63. The molecule has 0 fully saturated rings. The minimum atomic E-state index is -3.59. The van der Waals surface area contributed by atoms with Gasteiger partial charge in [0.2, 0.25) is 0 Å². The number of sulfonamides is 1. The van der Waals surface area contributed by atoms with E-state index in [1.54, 1.807) is 13.8 Å². The Morgan fingerprint density at radius 2 is 2.29 bits per heavy atom. The number of nitrogens with one attached hydrogen (secondary N) is 2. The molecule has 0 radical (unpaired) electrons. The van der Waals surface area contributed by atoms with Crippen molar-refractivity contribution < 1.29 is 8.42 Å². The van der Waals surface area contributed by atoms with Gasteiger partial charge in [0, 0.05) is 19.0 Å². The summed E-state index contributed by atoms with van der Waals surface area (Å²) < 4.78 is 25.7. The summed E-state index contributed by atoms with van der Waals surface area (Å²) in [6.45, 7) is 3.73. The van der Waals surface area contributed by atoms with Crippen LogP contribution in [0.2, 0.25) is 0 Å². The van der Waals surface area contributed by atoms with Crippen LogP contribution in [0, 0.1) is 5.41 Å². The van der Waals surface area contributed by atoms with Gasteiger partial charge in [-0.2, -0.15) is 4.31 Å². The van der Waals surface area contributed by atoms with Crippen LogP contribution >= 0.6 is 0 Å². The molecule has 1 aromatic rings. The molecule has 0 aliphatic carbocycles. The van der Waals surface area contributed by atoms with Gasteiger partial charge in [-0.1, -0.05) is 0 Å². The lowest BCUT2D eigenvalue weighted by molar-refractivity contribution is 0.360. The predicted molar refractivity (Wildman–Crippen MR) is 64.1 cm³/mol. The summed E-state index contributed by atoms with van der Waals surface area (Å²) in [5, 5.41) is 7.19. The van der Waals surface area contributed by atoms with Crippen LogP contribution in [0.15, 0.2) is 17.6 Å². The van der Waals surface area contributed by atoms with Gasteiger partial charge < -0.3 is 10.7 Å². The zero-order valence-electron chi connectivity index (χ0n) is 9.84. The Morgan fingerprint density at radius 1 is 1.65 bits per heavy atom. The Morgan fingerprint density at radius 3 is 2.71 bits per heavy atom. The largest absolute Gasteiger partial charge is 0.388 e. The molecule has 0 aromatic carbocycles. The number of hydrogen-bond donors (Lipinski definition) is 3. The molecule has 0 spiro atoms. The molecular weight excluding hydrogens is 242 g/mol. The highest BCUT2D eigenvalue weighted by atomic mass is 32.2. The monoisotopic (exact) mass is 259 g/mol. The second kappa shape index (κ2) is 5.28. The van der Waals surface area contributed by atoms with Crippen LogP contribution in [0.4, 0.5) is 0 Å². The first kappa shape index (κ1) is 13.7. The van der Waals surface area contributed by atoms with Crippen LogP contribution in [-0.4, -0.2) is 41.1 Å². The first-order valence-electron chi connectivity index (χ1n) is 5.19.